The molecule has 0 heterocycles. The van der Waals surface area contributed by atoms with Crippen molar-refractivity contribution in [3.63, 3.8) is 0 Å². The topological polar surface area (TPSA) is 15.3 Å². The summed E-state index contributed by atoms with van der Waals surface area (Å²) in [6, 6.07) is 1.42. The highest BCUT2D eigenvalue weighted by Gasteiger charge is 2.23. The van der Waals surface area contributed by atoms with Crippen molar-refractivity contribution in [3.8, 4) is 0 Å². The summed E-state index contributed by atoms with van der Waals surface area (Å²) >= 11 is 0. The van der Waals surface area contributed by atoms with E-state index in [1.165, 1.54) is 32.2 Å². The van der Waals surface area contributed by atoms with E-state index in [-0.39, 0.29) is 0 Å². The average Bonchev–Trinajstić information content (AvgIpc) is 3.00. The van der Waals surface area contributed by atoms with Crippen molar-refractivity contribution in [1.29, 1.82) is 0 Å². The third kappa shape index (κ3) is 5.53. The van der Waals surface area contributed by atoms with Crippen LogP contribution in [-0.4, -0.2) is 37.1 Å². The Kier molecular flexibility index (Phi) is 5.62. The Balaban J connectivity index is 1.98. The summed E-state index contributed by atoms with van der Waals surface area (Å²) in [4.78, 5) is 2.44. The molecule has 1 rings (SSSR count). The minimum atomic E-state index is 0.711. The number of nitrogens with one attached hydrogen (secondary N) is 1. The monoisotopic (exact) mass is 212 g/mol. The van der Waals surface area contributed by atoms with Gasteiger partial charge in [-0.05, 0) is 39.7 Å². The van der Waals surface area contributed by atoms with Gasteiger partial charge in [-0.2, -0.15) is 0 Å². The number of hydrogen-bond acceptors (Lipinski definition) is 2. The molecule has 0 spiro atoms. The SMILES string of the molecule is CCC(C)N(C)CCNC(C)CC1CC1. The molecule has 2 heteroatoms. The molecule has 0 aromatic carbocycles. The first-order valence-corrected chi connectivity index (χ1v) is 6.57. The number of nitrogens with zero attached hydrogens (tertiary/aromatic N) is 1. The molecule has 0 saturated heterocycles. The van der Waals surface area contributed by atoms with Gasteiger partial charge in [-0.15, -0.1) is 0 Å². The summed E-state index contributed by atoms with van der Waals surface area (Å²) < 4.78 is 0. The predicted octanol–water partition coefficient (Wildman–Crippen LogP) is 2.49. The number of rotatable bonds is 8. The molecule has 1 aliphatic carbocycles. The van der Waals surface area contributed by atoms with Crippen molar-refractivity contribution in [2.45, 2.75) is 58.5 Å². The predicted molar refractivity (Wildman–Crippen MR) is 67.2 cm³/mol. The first-order valence-electron chi connectivity index (χ1n) is 6.57. The van der Waals surface area contributed by atoms with E-state index < -0.39 is 0 Å². The highest BCUT2D eigenvalue weighted by molar-refractivity contribution is 4.78. The lowest BCUT2D eigenvalue weighted by atomic mass is 10.1. The molecular weight excluding hydrogens is 184 g/mol. The summed E-state index contributed by atoms with van der Waals surface area (Å²) in [5, 5.41) is 3.62. The van der Waals surface area contributed by atoms with Gasteiger partial charge in [0.2, 0.25) is 0 Å². The summed E-state index contributed by atoms with van der Waals surface area (Å²) in [6.07, 6.45) is 5.57. The molecule has 1 aliphatic rings. The number of hydrogen-bond donors (Lipinski definition) is 1. The molecule has 0 aromatic rings. The largest absolute Gasteiger partial charge is 0.313 e. The molecule has 0 amide bonds. The van der Waals surface area contributed by atoms with Crippen LogP contribution in [0.4, 0.5) is 0 Å². The third-order valence-electron chi connectivity index (χ3n) is 3.68. The number of likely N-dealkylation sites (N-methyl/N-ethyl adjacent to an activating group) is 1. The summed E-state index contributed by atoms with van der Waals surface area (Å²) in [5.74, 6) is 1.04. The molecule has 0 aliphatic heterocycles. The van der Waals surface area contributed by atoms with Gasteiger partial charge in [-0.25, -0.2) is 0 Å². The smallest absolute Gasteiger partial charge is 0.0107 e. The Morgan fingerprint density at radius 3 is 2.53 bits per heavy atom. The van der Waals surface area contributed by atoms with E-state index in [2.05, 4.69) is 38.0 Å². The van der Waals surface area contributed by atoms with E-state index in [0.29, 0.717) is 12.1 Å². The Hall–Kier alpha value is -0.0800. The molecule has 1 saturated carbocycles. The molecule has 1 fully saturated rings. The summed E-state index contributed by atoms with van der Waals surface area (Å²) in [6.45, 7) is 9.18. The van der Waals surface area contributed by atoms with Crippen molar-refractivity contribution in [3.05, 3.63) is 0 Å². The normalized spacial score (nSPS) is 20.6. The van der Waals surface area contributed by atoms with Gasteiger partial charge >= 0.3 is 0 Å². The van der Waals surface area contributed by atoms with Crippen molar-refractivity contribution >= 4 is 0 Å². The van der Waals surface area contributed by atoms with Gasteiger partial charge in [0.15, 0.2) is 0 Å². The fourth-order valence-corrected chi connectivity index (χ4v) is 1.96. The molecule has 2 unspecified atom stereocenters. The second kappa shape index (κ2) is 6.49. The summed E-state index contributed by atoms with van der Waals surface area (Å²) in [5.41, 5.74) is 0. The van der Waals surface area contributed by atoms with Gasteiger partial charge in [0.25, 0.3) is 0 Å². The first-order chi connectivity index (χ1) is 7.13. The van der Waals surface area contributed by atoms with Crippen LogP contribution in [0.25, 0.3) is 0 Å². The van der Waals surface area contributed by atoms with Gasteiger partial charge in [0.1, 0.15) is 0 Å². The van der Waals surface area contributed by atoms with E-state index in [9.17, 15) is 0 Å². The highest BCUT2D eigenvalue weighted by atomic mass is 15.1. The maximum Gasteiger partial charge on any atom is 0.0107 e. The molecule has 90 valence electrons. The van der Waals surface area contributed by atoms with Gasteiger partial charge < -0.3 is 10.2 Å². The molecule has 1 N–H and O–H groups in total. The Bertz CT molecular complexity index is 166. The maximum absolute atomic E-state index is 3.62. The zero-order chi connectivity index (χ0) is 11.3. The van der Waals surface area contributed by atoms with E-state index >= 15 is 0 Å². The van der Waals surface area contributed by atoms with E-state index in [4.69, 9.17) is 0 Å². The van der Waals surface area contributed by atoms with Crippen LogP contribution in [0.3, 0.4) is 0 Å². The standard InChI is InChI=1S/C13H28N2/c1-5-12(3)15(4)9-8-14-11(2)10-13-6-7-13/h11-14H,5-10H2,1-4H3. The highest BCUT2D eigenvalue weighted by Crippen LogP contribution is 2.33. The fraction of sp³-hybridized carbons (Fsp3) is 1.00. The van der Waals surface area contributed by atoms with E-state index in [1.807, 2.05) is 0 Å². The van der Waals surface area contributed by atoms with Gasteiger partial charge in [-0.1, -0.05) is 19.8 Å². The van der Waals surface area contributed by atoms with Gasteiger partial charge in [0, 0.05) is 25.2 Å². The zero-order valence-electron chi connectivity index (χ0n) is 10.9. The molecule has 0 aromatic heterocycles. The fourth-order valence-electron chi connectivity index (χ4n) is 1.96. The third-order valence-corrected chi connectivity index (χ3v) is 3.68. The van der Waals surface area contributed by atoms with Crippen molar-refractivity contribution in [1.82, 2.24) is 10.2 Å². The second-order valence-electron chi connectivity index (χ2n) is 5.27. The molecule has 2 atom stereocenters. The molecule has 0 bridgehead atoms. The van der Waals surface area contributed by atoms with Crippen LogP contribution >= 0.6 is 0 Å². The molecule has 2 nitrogen and oxygen atoms in total. The van der Waals surface area contributed by atoms with Crippen LogP contribution in [-0.2, 0) is 0 Å². The minimum absolute atomic E-state index is 0.711. The van der Waals surface area contributed by atoms with Crippen LogP contribution in [0.15, 0.2) is 0 Å². The van der Waals surface area contributed by atoms with Crippen LogP contribution in [0.1, 0.15) is 46.5 Å². The van der Waals surface area contributed by atoms with Crippen molar-refractivity contribution in [2.75, 3.05) is 20.1 Å². The van der Waals surface area contributed by atoms with Crippen molar-refractivity contribution < 1.29 is 0 Å². The lowest BCUT2D eigenvalue weighted by Gasteiger charge is -2.24. The lowest BCUT2D eigenvalue weighted by Crippen LogP contribution is -2.38. The Labute approximate surface area is 95.4 Å². The first kappa shape index (κ1) is 13.0. The Morgan fingerprint density at radius 2 is 2.00 bits per heavy atom. The van der Waals surface area contributed by atoms with E-state index in [0.717, 1.165) is 12.5 Å². The van der Waals surface area contributed by atoms with Crippen LogP contribution < -0.4 is 5.32 Å². The van der Waals surface area contributed by atoms with E-state index in [1.54, 1.807) is 0 Å². The van der Waals surface area contributed by atoms with Crippen LogP contribution in [0, 0.1) is 5.92 Å². The van der Waals surface area contributed by atoms with Crippen LogP contribution in [0.2, 0.25) is 0 Å². The van der Waals surface area contributed by atoms with Gasteiger partial charge in [0.05, 0.1) is 0 Å². The molecule has 0 radical (unpaired) electrons. The summed E-state index contributed by atoms with van der Waals surface area (Å²) in [7, 11) is 2.22. The lowest BCUT2D eigenvalue weighted by molar-refractivity contribution is 0.248. The second-order valence-corrected chi connectivity index (χ2v) is 5.27. The van der Waals surface area contributed by atoms with Crippen LogP contribution in [0.5, 0.6) is 0 Å². The van der Waals surface area contributed by atoms with Gasteiger partial charge in [-0.3, -0.25) is 0 Å². The minimum Gasteiger partial charge on any atom is -0.313 e. The maximum atomic E-state index is 3.62. The molecule has 15 heavy (non-hydrogen) atoms. The molecular formula is C13H28N2. The average molecular weight is 212 g/mol. The Morgan fingerprint density at radius 1 is 1.33 bits per heavy atom. The zero-order valence-corrected chi connectivity index (χ0v) is 10.9. The quantitative estimate of drug-likeness (QED) is 0.665. The van der Waals surface area contributed by atoms with Crippen molar-refractivity contribution in [2.24, 2.45) is 5.92 Å².